The molecule has 7 fully saturated rings. The molecular weight excluding hydrogens is 732 g/mol. The summed E-state index contributed by atoms with van der Waals surface area (Å²) < 4.78 is 89.0. The van der Waals surface area contributed by atoms with E-state index in [-0.39, 0.29) is 82.1 Å². The molecule has 18 nitrogen and oxygen atoms in total. The van der Waals surface area contributed by atoms with Crippen LogP contribution in [0.2, 0.25) is 0 Å². The maximum atomic E-state index is 10.9. The molecule has 0 aromatic carbocycles. The Labute approximate surface area is 322 Å². The Balaban J connectivity index is 0.787. The summed E-state index contributed by atoms with van der Waals surface area (Å²) >= 11 is 0. The molecule has 3 N–H and O–H groups in total. The van der Waals surface area contributed by atoms with Crippen molar-refractivity contribution in [3.05, 3.63) is 0 Å². The van der Waals surface area contributed by atoms with Crippen LogP contribution >= 0.6 is 0 Å². The van der Waals surface area contributed by atoms with Crippen molar-refractivity contribution in [3.8, 4) is 0 Å². The van der Waals surface area contributed by atoms with E-state index in [1.165, 1.54) is 0 Å². The van der Waals surface area contributed by atoms with Crippen LogP contribution in [0.5, 0.6) is 0 Å². The van der Waals surface area contributed by atoms with Crippen molar-refractivity contribution in [2.75, 3.05) is 60.5 Å². The highest BCUT2D eigenvalue weighted by Crippen LogP contribution is 2.32. The molecule has 7 saturated heterocycles. The minimum Gasteiger partial charge on any atom is -0.394 e. The first-order chi connectivity index (χ1) is 26.8. The van der Waals surface area contributed by atoms with Crippen molar-refractivity contribution in [1.29, 1.82) is 0 Å². The van der Waals surface area contributed by atoms with Gasteiger partial charge in [0.1, 0.15) is 18.3 Å². The van der Waals surface area contributed by atoms with Gasteiger partial charge in [-0.3, -0.25) is 0 Å². The Kier molecular flexibility index (Phi) is 16.2. The summed E-state index contributed by atoms with van der Waals surface area (Å²) in [5.74, 6) is 0. The molecule has 318 valence electrons. The molecule has 0 aliphatic carbocycles. The topological polar surface area (TPSA) is 199 Å². The smallest absolute Gasteiger partial charge is 0.184 e. The minimum absolute atomic E-state index is 0.0403. The second-order valence-corrected chi connectivity index (χ2v) is 15.4. The van der Waals surface area contributed by atoms with Crippen molar-refractivity contribution < 1.29 is 86.4 Å². The van der Waals surface area contributed by atoms with Crippen LogP contribution in [0.3, 0.4) is 0 Å². The standard InChI is InChI=1S/C37H62O18/c1-41-22-4-7-33(43-15-22)55-30-20-47-36(13-28(30)53-34-10-3-21(14-38)49-34)50-23-5-8-31(44-16-23)51-25-11-27(40)37(48-18-25)52-24-6-9-32(45-17-24)54-29-19-46-35(42-2)12-26(29)39/h21-40H,3-20H2,1-2H3. The van der Waals surface area contributed by atoms with Crippen LogP contribution < -0.4 is 0 Å². The monoisotopic (exact) mass is 794 g/mol. The van der Waals surface area contributed by atoms with E-state index in [0.717, 1.165) is 12.8 Å². The lowest BCUT2D eigenvalue weighted by atomic mass is 10.1. The van der Waals surface area contributed by atoms with Gasteiger partial charge in [-0.25, -0.2) is 0 Å². The third kappa shape index (κ3) is 12.2. The molecule has 55 heavy (non-hydrogen) atoms. The zero-order valence-electron chi connectivity index (χ0n) is 32.0. The summed E-state index contributed by atoms with van der Waals surface area (Å²) in [4.78, 5) is 0. The van der Waals surface area contributed by atoms with E-state index in [9.17, 15) is 15.3 Å². The normalized spacial score (nSPS) is 46.1. The predicted octanol–water partition coefficient (Wildman–Crippen LogP) is 0.827. The molecule has 7 aliphatic rings. The fourth-order valence-electron chi connectivity index (χ4n) is 8.04. The van der Waals surface area contributed by atoms with Gasteiger partial charge in [-0.05, 0) is 25.7 Å². The van der Waals surface area contributed by atoms with Gasteiger partial charge in [-0.1, -0.05) is 0 Å². The van der Waals surface area contributed by atoms with Gasteiger partial charge in [-0.2, -0.15) is 0 Å². The highest BCUT2D eigenvalue weighted by molar-refractivity contribution is 4.83. The highest BCUT2D eigenvalue weighted by atomic mass is 16.8. The number of hydrogen-bond donors (Lipinski definition) is 3. The van der Waals surface area contributed by atoms with E-state index in [1.54, 1.807) is 14.2 Å². The maximum Gasteiger partial charge on any atom is 0.184 e. The van der Waals surface area contributed by atoms with Crippen LogP contribution in [0.25, 0.3) is 0 Å². The Morgan fingerprint density at radius 1 is 0.436 bits per heavy atom. The molecule has 0 saturated carbocycles. The summed E-state index contributed by atoms with van der Waals surface area (Å²) in [5.41, 5.74) is 0. The summed E-state index contributed by atoms with van der Waals surface area (Å²) in [6.07, 6.45) is -0.607. The highest BCUT2D eigenvalue weighted by Gasteiger charge is 2.42. The molecule has 18 heteroatoms. The number of aliphatic hydroxyl groups is 3. The number of ether oxygens (including phenoxy) is 15. The lowest BCUT2D eigenvalue weighted by Crippen LogP contribution is -2.50. The second-order valence-electron chi connectivity index (χ2n) is 15.4. The summed E-state index contributed by atoms with van der Waals surface area (Å²) in [5, 5.41) is 30.7. The van der Waals surface area contributed by atoms with Crippen LogP contribution in [0.1, 0.15) is 70.6 Å². The molecule has 17 atom stereocenters. The van der Waals surface area contributed by atoms with Gasteiger partial charge in [0, 0.05) is 59.2 Å². The Hall–Kier alpha value is -0.720. The largest absolute Gasteiger partial charge is 0.394 e. The van der Waals surface area contributed by atoms with E-state index >= 15 is 0 Å². The number of methoxy groups -OCH3 is 2. The maximum absolute atomic E-state index is 10.9. The molecule has 0 radical (unpaired) electrons. The van der Waals surface area contributed by atoms with E-state index in [4.69, 9.17) is 71.1 Å². The molecule has 0 aromatic rings. The average Bonchev–Trinajstić information content (AvgIpc) is 3.67. The Bertz CT molecular complexity index is 1100. The summed E-state index contributed by atoms with van der Waals surface area (Å²) in [6.45, 7) is 1.79. The predicted molar refractivity (Wildman–Crippen MR) is 184 cm³/mol. The van der Waals surface area contributed by atoms with Crippen molar-refractivity contribution in [2.45, 2.75) is 176 Å². The third-order valence-electron chi connectivity index (χ3n) is 11.3. The van der Waals surface area contributed by atoms with Crippen LogP contribution in [0.15, 0.2) is 0 Å². The van der Waals surface area contributed by atoms with Gasteiger partial charge in [0.05, 0.1) is 89.0 Å². The molecule has 0 amide bonds. The van der Waals surface area contributed by atoms with Gasteiger partial charge >= 0.3 is 0 Å². The van der Waals surface area contributed by atoms with Crippen LogP contribution in [-0.4, -0.2) is 181 Å². The number of rotatable bonds is 15. The number of aliphatic hydroxyl groups excluding tert-OH is 3. The van der Waals surface area contributed by atoms with E-state index in [2.05, 4.69) is 0 Å². The molecule has 7 aliphatic heterocycles. The second kappa shape index (κ2) is 21.0. The number of hydrogen-bond acceptors (Lipinski definition) is 18. The van der Waals surface area contributed by atoms with Gasteiger partial charge in [0.2, 0.25) is 0 Å². The molecule has 0 spiro atoms. The van der Waals surface area contributed by atoms with Crippen molar-refractivity contribution in [2.24, 2.45) is 0 Å². The zero-order valence-corrected chi connectivity index (χ0v) is 32.0. The van der Waals surface area contributed by atoms with E-state index in [0.29, 0.717) is 71.0 Å². The minimum atomic E-state index is -0.877. The Morgan fingerprint density at radius 3 is 1.62 bits per heavy atom. The summed E-state index contributed by atoms with van der Waals surface area (Å²) in [6, 6.07) is 0. The molecule has 0 aromatic heterocycles. The van der Waals surface area contributed by atoms with Crippen LogP contribution in [-0.2, 0) is 71.1 Å². The lowest BCUT2D eigenvalue weighted by Gasteiger charge is -2.41. The SMILES string of the molecule is COC1CCC(OC2COC(OC3CCC(OC4COC(OC5CCC(OC6COC(OC)CC6O)OC5)C(O)C4)OC3)CC2OC2CCC(CO)O2)OC1. The van der Waals surface area contributed by atoms with E-state index in [1.807, 2.05) is 0 Å². The van der Waals surface area contributed by atoms with Crippen LogP contribution in [0.4, 0.5) is 0 Å². The Morgan fingerprint density at radius 2 is 1.00 bits per heavy atom. The zero-order chi connectivity index (χ0) is 38.1. The first kappa shape index (κ1) is 42.4. The third-order valence-corrected chi connectivity index (χ3v) is 11.3. The molecular formula is C37H62O18. The van der Waals surface area contributed by atoms with Gasteiger partial charge < -0.3 is 86.4 Å². The van der Waals surface area contributed by atoms with Gasteiger partial charge in [-0.15, -0.1) is 0 Å². The summed E-state index contributed by atoms with van der Waals surface area (Å²) in [7, 11) is 3.23. The fourth-order valence-corrected chi connectivity index (χ4v) is 8.04. The van der Waals surface area contributed by atoms with Crippen molar-refractivity contribution in [3.63, 3.8) is 0 Å². The molecule has 7 heterocycles. The van der Waals surface area contributed by atoms with Crippen molar-refractivity contribution in [1.82, 2.24) is 0 Å². The average molecular weight is 795 g/mol. The van der Waals surface area contributed by atoms with Crippen LogP contribution in [0, 0.1) is 0 Å². The quantitative estimate of drug-likeness (QED) is 0.210. The lowest BCUT2D eigenvalue weighted by molar-refractivity contribution is -0.316. The first-order valence-corrected chi connectivity index (χ1v) is 20.1. The van der Waals surface area contributed by atoms with Gasteiger partial charge in [0.15, 0.2) is 44.0 Å². The molecule has 7 rings (SSSR count). The molecule has 0 bridgehead atoms. The molecule has 17 unspecified atom stereocenters. The van der Waals surface area contributed by atoms with Crippen molar-refractivity contribution >= 4 is 0 Å². The fraction of sp³-hybridized carbons (Fsp3) is 1.00. The van der Waals surface area contributed by atoms with E-state index < -0.39 is 56.1 Å². The first-order valence-electron chi connectivity index (χ1n) is 20.1. The van der Waals surface area contributed by atoms with Gasteiger partial charge in [0.25, 0.3) is 0 Å².